The standard InChI is InChI=1S/C16H16N2O3S/c1-10(7-12-3-2-6-21-12)17-16(20)11-4-5-14-13(8-11)18-15(19)9-22-14/h2-6,8,10H,7,9H2,1H3,(H,17,20)(H,18,19)/t10-/m0/s1. The minimum atomic E-state index is -0.160. The SMILES string of the molecule is C[C@@H](Cc1ccco1)NC(=O)c1ccc2c(c1)NC(=O)CS2. The van der Waals surface area contributed by atoms with Crippen LogP contribution < -0.4 is 10.6 Å². The van der Waals surface area contributed by atoms with E-state index >= 15 is 0 Å². The summed E-state index contributed by atoms with van der Waals surface area (Å²) in [4.78, 5) is 24.7. The predicted octanol–water partition coefficient (Wildman–Crippen LogP) is 2.68. The number of hydrogen-bond donors (Lipinski definition) is 2. The highest BCUT2D eigenvalue weighted by atomic mass is 32.2. The Morgan fingerprint density at radius 2 is 2.32 bits per heavy atom. The molecule has 0 aliphatic carbocycles. The number of anilines is 1. The summed E-state index contributed by atoms with van der Waals surface area (Å²) >= 11 is 1.48. The molecular weight excluding hydrogens is 300 g/mol. The van der Waals surface area contributed by atoms with Crippen molar-refractivity contribution in [2.45, 2.75) is 24.3 Å². The lowest BCUT2D eigenvalue weighted by Gasteiger charge is -2.18. The molecular formula is C16H16N2O3S. The third kappa shape index (κ3) is 3.33. The largest absolute Gasteiger partial charge is 0.469 e. The van der Waals surface area contributed by atoms with E-state index in [9.17, 15) is 9.59 Å². The zero-order valence-corrected chi connectivity index (χ0v) is 12.9. The first-order valence-electron chi connectivity index (χ1n) is 7.02. The van der Waals surface area contributed by atoms with Crippen LogP contribution in [-0.2, 0) is 11.2 Å². The summed E-state index contributed by atoms with van der Waals surface area (Å²) in [5.41, 5.74) is 1.24. The summed E-state index contributed by atoms with van der Waals surface area (Å²) in [6.07, 6.45) is 2.25. The first-order valence-corrected chi connectivity index (χ1v) is 8.00. The van der Waals surface area contributed by atoms with Crippen molar-refractivity contribution < 1.29 is 14.0 Å². The molecule has 1 aromatic heterocycles. The molecule has 2 aromatic rings. The Morgan fingerprint density at radius 3 is 3.09 bits per heavy atom. The van der Waals surface area contributed by atoms with Crippen LogP contribution in [0.1, 0.15) is 23.0 Å². The summed E-state index contributed by atoms with van der Waals surface area (Å²) < 4.78 is 5.28. The third-order valence-corrected chi connectivity index (χ3v) is 4.41. The molecule has 0 saturated heterocycles. The van der Waals surface area contributed by atoms with E-state index in [1.165, 1.54) is 11.8 Å². The Kier molecular flexibility index (Phi) is 4.20. The quantitative estimate of drug-likeness (QED) is 0.910. The van der Waals surface area contributed by atoms with E-state index in [4.69, 9.17) is 4.42 Å². The lowest BCUT2D eigenvalue weighted by atomic mass is 10.1. The average Bonchev–Trinajstić information content (AvgIpc) is 2.99. The van der Waals surface area contributed by atoms with Crippen LogP contribution >= 0.6 is 11.8 Å². The Hall–Kier alpha value is -2.21. The molecule has 1 atom stereocenters. The van der Waals surface area contributed by atoms with Gasteiger partial charge in [-0.25, -0.2) is 0 Å². The Morgan fingerprint density at radius 1 is 1.45 bits per heavy atom. The van der Waals surface area contributed by atoms with Crippen LogP contribution in [-0.4, -0.2) is 23.6 Å². The molecule has 6 heteroatoms. The van der Waals surface area contributed by atoms with Gasteiger partial charge in [0, 0.05) is 22.9 Å². The smallest absolute Gasteiger partial charge is 0.251 e. The van der Waals surface area contributed by atoms with E-state index in [-0.39, 0.29) is 17.9 Å². The molecule has 0 saturated carbocycles. The van der Waals surface area contributed by atoms with Gasteiger partial charge in [-0.15, -0.1) is 11.8 Å². The molecule has 114 valence electrons. The summed E-state index contributed by atoms with van der Waals surface area (Å²) in [6, 6.07) is 9.03. The van der Waals surface area contributed by atoms with Crippen LogP contribution in [0.2, 0.25) is 0 Å². The van der Waals surface area contributed by atoms with E-state index in [0.29, 0.717) is 23.4 Å². The third-order valence-electron chi connectivity index (χ3n) is 3.34. The highest BCUT2D eigenvalue weighted by Crippen LogP contribution is 2.31. The number of rotatable bonds is 4. The van der Waals surface area contributed by atoms with Crippen LogP contribution in [0, 0.1) is 0 Å². The fourth-order valence-corrected chi connectivity index (χ4v) is 3.10. The number of furan rings is 1. The van der Waals surface area contributed by atoms with Gasteiger partial charge in [0.2, 0.25) is 5.91 Å². The van der Waals surface area contributed by atoms with E-state index < -0.39 is 0 Å². The molecule has 0 fully saturated rings. The summed E-state index contributed by atoms with van der Waals surface area (Å²) in [5.74, 6) is 1.05. The molecule has 2 heterocycles. The number of amides is 2. The first kappa shape index (κ1) is 14.7. The topological polar surface area (TPSA) is 71.3 Å². The van der Waals surface area contributed by atoms with E-state index in [1.54, 1.807) is 18.4 Å². The summed E-state index contributed by atoms with van der Waals surface area (Å²) in [5, 5.41) is 5.72. The first-order chi connectivity index (χ1) is 10.6. The molecule has 1 aliphatic rings. The van der Waals surface area contributed by atoms with Gasteiger partial charge in [-0.1, -0.05) is 0 Å². The number of benzene rings is 1. The highest BCUT2D eigenvalue weighted by molar-refractivity contribution is 8.00. The van der Waals surface area contributed by atoms with Gasteiger partial charge >= 0.3 is 0 Å². The highest BCUT2D eigenvalue weighted by Gasteiger charge is 2.18. The predicted molar refractivity (Wildman–Crippen MR) is 85.1 cm³/mol. The summed E-state index contributed by atoms with van der Waals surface area (Å²) in [7, 11) is 0. The van der Waals surface area contributed by atoms with Gasteiger partial charge in [-0.05, 0) is 37.3 Å². The van der Waals surface area contributed by atoms with Gasteiger partial charge in [0.1, 0.15) is 5.76 Å². The van der Waals surface area contributed by atoms with Gasteiger partial charge in [0.15, 0.2) is 0 Å². The van der Waals surface area contributed by atoms with Gasteiger partial charge in [-0.2, -0.15) is 0 Å². The minimum Gasteiger partial charge on any atom is -0.469 e. The van der Waals surface area contributed by atoms with Crippen molar-refractivity contribution in [2.75, 3.05) is 11.1 Å². The zero-order valence-electron chi connectivity index (χ0n) is 12.1. The van der Waals surface area contributed by atoms with Crippen LogP contribution in [0.3, 0.4) is 0 Å². The van der Waals surface area contributed by atoms with Crippen molar-refractivity contribution in [2.24, 2.45) is 0 Å². The van der Waals surface area contributed by atoms with Gasteiger partial charge < -0.3 is 15.1 Å². The van der Waals surface area contributed by atoms with E-state index in [1.807, 2.05) is 25.1 Å². The molecule has 0 radical (unpaired) electrons. The van der Waals surface area contributed by atoms with Crippen molar-refractivity contribution in [3.8, 4) is 0 Å². The second-order valence-electron chi connectivity index (χ2n) is 5.21. The maximum absolute atomic E-state index is 12.3. The zero-order chi connectivity index (χ0) is 15.5. The van der Waals surface area contributed by atoms with Crippen molar-refractivity contribution in [1.29, 1.82) is 0 Å². The number of carbonyl (C=O) groups is 2. The normalized spacial score (nSPS) is 14.9. The fraction of sp³-hybridized carbons (Fsp3) is 0.250. The maximum Gasteiger partial charge on any atom is 0.251 e. The van der Waals surface area contributed by atoms with Crippen LogP contribution in [0.4, 0.5) is 5.69 Å². The molecule has 2 N–H and O–H groups in total. The minimum absolute atomic E-state index is 0.0405. The Labute approximate surface area is 132 Å². The lowest BCUT2D eigenvalue weighted by molar-refractivity contribution is -0.113. The lowest BCUT2D eigenvalue weighted by Crippen LogP contribution is -2.34. The molecule has 2 amide bonds. The van der Waals surface area contributed by atoms with Gasteiger partial charge in [0.05, 0.1) is 17.7 Å². The average molecular weight is 316 g/mol. The Bertz CT molecular complexity index is 697. The second-order valence-corrected chi connectivity index (χ2v) is 6.22. The van der Waals surface area contributed by atoms with Crippen molar-refractivity contribution in [3.05, 3.63) is 47.9 Å². The van der Waals surface area contributed by atoms with Crippen LogP contribution in [0.5, 0.6) is 0 Å². The number of nitrogens with one attached hydrogen (secondary N) is 2. The number of fused-ring (bicyclic) bond motifs is 1. The fourth-order valence-electron chi connectivity index (χ4n) is 2.31. The summed E-state index contributed by atoms with van der Waals surface area (Å²) in [6.45, 7) is 1.93. The monoisotopic (exact) mass is 316 g/mol. The van der Waals surface area contributed by atoms with Crippen molar-refractivity contribution >= 4 is 29.3 Å². The van der Waals surface area contributed by atoms with Gasteiger partial charge in [0.25, 0.3) is 5.91 Å². The molecule has 22 heavy (non-hydrogen) atoms. The van der Waals surface area contributed by atoms with E-state index in [0.717, 1.165) is 10.7 Å². The molecule has 5 nitrogen and oxygen atoms in total. The Balaban J connectivity index is 1.67. The molecule has 0 spiro atoms. The molecule has 0 unspecified atom stereocenters. The molecule has 1 aromatic carbocycles. The van der Waals surface area contributed by atoms with Crippen LogP contribution in [0.15, 0.2) is 45.9 Å². The molecule has 0 bridgehead atoms. The van der Waals surface area contributed by atoms with E-state index in [2.05, 4.69) is 10.6 Å². The van der Waals surface area contributed by atoms with Gasteiger partial charge in [-0.3, -0.25) is 9.59 Å². The van der Waals surface area contributed by atoms with Crippen molar-refractivity contribution in [3.63, 3.8) is 0 Å². The van der Waals surface area contributed by atoms with Crippen LogP contribution in [0.25, 0.3) is 0 Å². The second kappa shape index (κ2) is 6.27. The number of hydrogen-bond acceptors (Lipinski definition) is 4. The maximum atomic E-state index is 12.3. The molecule has 1 aliphatic heterocycles. The number of carbonyl (C=O) groups excluding carboxylic acids is 2. The number of thioether (sulfide) groups is 1. The molecule has 3 rings (SSSR count). The van der Waals surface area contributed by atoms with Crippen molar-refractivity contribution in [1.82, 2.24) is 5.32 Å².